The van der Waals surface area contributed by atoms with Gasteiger partial charge in [-0.25, -0.2) is 9.97 Å². The van der Waals surface area contributed by atoms with E-state index in [9.17, 15) is 0 Å². The van der Waals surface area contributed by atoms with E-state index in [1.54, 1.807) is 0 Å². The van der Waals surface area contributed by atoms with E-state index < -0.39 is 0 Å². The molecule has 0 N–H and O–H groups in total. The average Bonchev–Trinajstić information content (AvgIpc) is 3.71. The number of fused-ring (bicyclic) bond motifs is 9. The number of benzene rings is 8. The zero-order valence-electron chi connectivity index (χ0n) is 30.0. The van der Waals surface area contributed by atoms with Crippen LogP contribution in [0.4, 0.5) is 0 Å². The van der Waals surface area contributed by atoms with Gasteiger partial charge in [0.15, 0.2) is 5.82 Å². The summed E-state index contributed by atoms with van der Waals surface area (Å²) in [6.45, 7) is 4.71. The van der Waals surface area contributed by atoms with Gasteiger partial charge in [0, 0.05) is 32.9 Å². The molecule has 0 fully saturated rings. The first-order valence-corrected chi connectivity index (χ1v) is 18.6. The van der Waals surface area contributed by atoms with Crippen molar-refractivity contribution in [3.05, 3.63) is 181 Å². The van der Waals surface area contributed by atoms with Crippen molar-refractivity contribution >= 4 is 43.5 Å². The van der Waals surface area contributed by atoms with Gasteiger partial charge in [0.2, 0.25) is 0 Å². The van der Waals surface area contributed by atoms with E-state index in [0.29, 0.717) is 5.82 Å². The number of rotatable bonds is 4. The second kappa shape index (κ2) is 11.6. The van der Waals surface area contributed by atoms with Crippen LogP contribution < -0.4 is 0 Å². The summed E-state index contributed by atoms with van der Waals surface area (Å²) >= 11 is 0. The third-order valence-electron chi connectivity index (χ3n) is 11.4. The molecule has 54 heavy (non-hydrogen) atoms. The van der Waals surface area contributed by atoms with Crippen LogP contribution >= 0.6 is 0 Å². The molecule has 254 valence electrons. The number of furan rings is 1. The average molecular weight is 691 g/mol. The van der Waals surface area contributed by atoms with Crippen LogP contribution in [0.2, 0.25) is 0 Å². The first-order valence-electron chi connectivity index (χ1n) is 18.6. The molecule has 3 heteroatoms. The lowest BCUT2D eigenvalue weighted by Crippen LogP contribution is -2.14. The van der Waals surface area contributed by atoms with E-state index in [-0.39, 0.29) is 5.41 Å². The Hall–Kier alpha value is -6.84. The minimum atomic E-state index is -0.109. The van der Waals surface area contributed by atoms with Crippen molar-refractivity contribution < 1.29 is 4.42 Å². The van der Waals surface area contributed by atoms with Gasteiger partial charge in [0.1, 0.15) is 11.2 Å². The van der Waals surface area contributed by atoms with Crippen LogP contribution in [-0.4, -0.2) is 9.97 Å². The second-order valence-electron chi connectivity index (χ2n) is 15.0. The lowest BCUT2D eigenvalue weighted by Gasteiger charge is -2.22. The van der Waals surface area contributed by atoms with Crippen molar-refractivity contribution in [2.24, 2.45) is 0 Å². The topological polar surface area (TPSA) is 38.9 Å². The third kappa shape index (κ3) is 4.68. The smallest absolute Gasteiger partial charge is 0.160 e. The van der Waals surface area contributed by atoms with Crippen molar-refractivity contribution in [3.8, 4) is 56.2 Å². The molecular formula is C51H34N2O. The van der Waals surface area contributed by atoms with Crippen molar-refractivity contribution in [2.75, 3.05) is 0 Å². The molecule has 0 aliphatic heterocycles. The predicted octanol–water partition coefficient (Wildman–Crippen LogP) is 13.7. The Morgan fingerprint density at radius 1 is 0.426 bits per heavy atom. The standard InChI is InChI=1S/C51H34N2O/c1-51(2)42-21-11-20-39(48(42)40-27-33-15-6-7-16-34(33)29-43(40)51)35-17-10-18-36(26-35)44-30-45(53-50(52-44)32-13-4-3-5-14-32)37-23-24-46-41(28-37)49-38-19-9-8-12-31(38)22-25-47(49)54-46/h3-30H,1-2H3. The zero-order chi connectivity index (χ0) is 36.0. The van der Waals surface area contributed by atoms with Crippen LogP contribution in [0.3, 0.4) is 0 Å². The number of hydrogen-bond donors (Lipinski definition) is 0. The van der Waals surface area contributed by atoms with Gasteiger partial charge in [-0.05, 0) is 103 Å². The SMILES string of the molecule is CC1(C)c2cc3ccccc3cc2-c2c(-c3cccc(-c4cc(-c5ccc6oc7ccc8ccccc8c7c6c5)nc(-c5ccccc5)n4)c3)cccc21. The molecule has 10 aromatic rings. The van der Waals surface area contributed by atoms with E-state index in [2.05, 4.69) is 166 Å². The third-order valence-corrected chi connectivity index (χ3v) is 11.4. The van der Waals surface area contributed by atoms with Gasteiger partial charge in [-0.15, -0.1) is 0 Å². The van der Waals surface area contributed by atoms with E-state index in [4.69, 9.17) is 14.4 Å². The van der Waals surface area contributed by atoms with Gasteiger partial charge in [-0.1, -0.05) is 135 Å². The number of hydrogen-bond acceptors (Lipinski definition) is 3. The van der Waals surface area contributed by atoms with Gasteiger partial charge in [0.25, 0.3) is 0 Å². The monoisotopic (exact) mass is 690 g/mol. The number of nitrogens with zero attached hydrogens (tertiary/aromatic N) is 2. The lowest BCUT2D eigenvalue weighted by molar-refractivity contribution is 0.661. The molecule has 0 unspecified atom stereocenters. The molecule has 0 amide bonds. The Morgan fingerprint density at radius 2 is 1.09 bits per heavy atom. The highest BCUT2D eigenvalue weighted by atomic mass is 16.3. The Kier molecular flexibility index (Phi) is 6.60. The van der Waals surface area contributed by atoms with Gasteiger partial charge >= 0.3 is 0 Å². The van der Waals surface area contributed by atoms with E-state index in [1.165, 1.54) is 54.9 Å². The summed E-state index contributed by atoms with van der Waals surface area (Å²) < 4.78 is 6.35. The fourth-order valence-corrected chi connectivity index (χ4v) is 8.73. The highest BCUT2D eigenvalue weighted by Gasteiger charge is 2.37. The maximum atomic E-state index is 6.35. The molecule has 0 atom stereocenters. The fraction of sp³-hybridized carbons (Fsp3) is 0.0588. The van der Waals surface area contributed by atoms with Crippen LogP contribution in [0.15, 0.2) is 174 Å². The molecule has 2 heterocycles. The largest absolute Gasteiger partial charge is 0.456 e. The summed E-state index contributed by atoms with van der Waals surface area (Å²) in [4.78, 5) is 10.4. The minimum Gasteiger partial charge on any atom is -0.456 e. The van der Waals surface area contributed by atoms with Crippen LogP contribution in [0.5, 0.6) is 0 Å². The lowest BCUT2D eigenvalue weighted by atomic mass is 9.81. The number of aromatic nitrogens is 2. The Labute approximate surface area is 313 Å². The van der Waals surface area contributed by atoms with Crippen molar-refractivity contribution in [2.45, 2.75) is 19.3 Å². The molecule has 2 aromatic heterocycles. The zero-order valence-corrected chi connectivity index (χ0v) is 30.0. The molecule has 11 rings (SSSR count). The Morgan fingerprint density at radius 3 is 1.93 bits per heavy atom. The van der Waals surface area contributed by atoms with Gasteiger partial charge in [0.05, 0.1) is 11.4 Å². The summed E-state index contributed by atoms with van der Waals surface area (Å²) in [6, 6.07) is 60.6. The molecule has 1 aliphatic carbocycles. The molecule has 0 spiro atoms. The van der Waals surface area contributed by atoms with Gasteiger partial charge in [-0.3, -0.25) is 0 Å². The summed E-state index contributed by atoms with van der Waals surface area (Å²) in [7, 11) is 0. The fourth-order valence-electron chi connectivity index (χ4n) is 8.73. The van der Waals surface area contributed by atoms with Crippen molar-refractivity contribution in [1.82, 2.24) is 9.97 Å². The molecule has 0 saturated heterocycles. The van der Waals surface area contributed by atoms with E-state index in [0.717, 1.165) is 50.0 Å². The van der Waals surface area contributed by atoms with Gasteiger partial charge in [-0.2, -0.15) is 0 Å². The molecule has 1 aliphatic rings. The molecule has 0 saturated carbocycles. The summed E-state index contributed by atoms with van der Waals surface area (Å²) in [5.41, 5.74) is 14.2. The highest BCUT2D eigenvalue weighted by molar-refractivity contribution is 6.19. The van der Waals surface area contributed by atoms with Crippen molar-refractivity contribution in [3.63, 3.8) is 0 Å². The molecular weight excluding hydrogens is 657 g/mol. The molecule has 0 bridgehead atoms. The van der Waals surface area contributed by atoms with E-state index >= 15 is 0 Å². The quantitative estimate of drug-likeness (QED) is 0.184. The normalized spacial score (nSPS) is 13.1. The van der Waals surface area contributed by atoms with Gasteiger partial charge < -0.3 is 4.42 Å². The Bertz CT molecular complexity index is 3130. The minimum absolute atomic E-state index is 0.109. The van der Waals surface area contributed by atoms with Crippen molar-refractivity contribution in [1.29, 1.82) is 0 Å². The molecule has 3 nitrogen and oxygen atoms in total. The first-order chi connectivity index (χ1) is 26.5. The van der Waals surface area contributed by atoms with Crippen LogP contribution in [0, 0.1) is 0 Å². The summed E-state index contributed by atoms with van der Waals surface area (Å²) in [5.74, 6) is 0.694. The van der Waals surface area contributed by atoms with E-state index in [1.807, 2.05) is 18.2 Å². The maximum Gasteiger partial charge on any atom is 0.160 e. The second-order valence-corrected chi connectivity index (χ2v) is 15.0. The summed E-state index contributed by atoms with van der Waals surface area (Å²) in [6.07, 6.45) is 0. The highest BCUT2D eigenvalue weighted by Crippen LogP contribution is 2.53. The first kappa shape index (κ1) is 30.8. The van der Waals surface area contributed by atoms with Crippen LogP contribution in [0.1, 0.15) is 25.0 Å². The maximum absolute atomic E-state index is 6.35. The van der Waals surface area contributed by atoms with Crippen LogP contribution in [-0.2, 0) is 5.41 Å². The molecule has 8 aromatic carbocycles. The molecule has 0 radical (unpaired) electrons. The predicted molar refractivity (Wildman–Crippen MR) is 224 cm³/mol. The van der Waals surface area contributed by atoms with Crippen LogP contribution in [0.25, 0.3) is 99.6 Å². The summed E-state index contributed by atoms with van der Waals surface area (Å²) in [5, 5.41) is 7.13. The Balaban J connectivity index is 1.09.